The summed E-state index contributed by atoms with van der Waals surface area (Å²) in [5.74, 6) is -0.317. The zero-order valence-corrected chi connectivity index (χ0v) is 11.2. The molecule has 2 aromatic carbocycles. The first-order valence-electron chi connectivity index (χ1n) is 6.40. The van der Waals surface area contributed by atoms with Crippen molar-refractivity contribution in [2.45, 2.75) is 6.36 Å². The molecule has 22 heavy (non-hydrogen) atoms. The molecule has 0 saturated carbocycles. The van der Waals surface area contributed by atoms with Crippen LogP contribution in [0.5, 0.6) is 5.75 Å². The smallest absolute Gasteiger partial charge is 0.406 e. The third-order valence-electron chi connectivity index (χ3n) is 3.17. The van der Waals surface area contributed by atoms with E-state index < -0.39 is 6.36 Å². The van der Waals surface area contributed by atoms with Crippen molar-refractivity contribution in [2.24, 2.45) is 0 Å². The molecule has 1 aromatic heterocycles. The molecular formula is C16H10F3NO2. The average Bonchev–Trinajstić information content (AvgIpc) is 2.84. The summed E-state index contributed by atoms with van der Waals surface area (Å²) < 4.78 is 42.4. The van der Waals surface area contributed by atoms with E-state index in [0.717, 1.165) is 5.69 Å². The van der Waals surface area contributed by atoms with Gasteiger partial charge in [0.05, 0.1) is 11.2 Å². The van der Waals surface area contributed by atoms with Gasteiger partial charge in [0, 0.05) is 11.1 Å². The molecule has 0 bridgehead atoms. The Bertz CT molecular complexity index is 823. The van der Waals surface area contributed by atoms with E-state index in [0.29, 0.717) is 22.9 Å². The molecule has 3 nitrogen and oxygen atoms in total. The maximum atomic E-state index is 12.3. The van der Waals surface area contributed by atoms with Crippen LogP contribution in [0.2, 0.25) is 0 Å². The van der Waals surface area contributed by atoms with Crippen molar-refractivity contribution in [2.75, 3.05) is 0 Å². The Labute approximate surface area is 123 Å². The Morgan fingerprint density at radius 3 is 2.36 bits per heavy atom. The van der Waals surface area contributed by atoms with Crippen LogP contribution in [-0.2, 0) is 0 Å². The fourth-order valence-corrected chi connectivity index (χ4v) is 2.36. The quantitative estimate of drug-likeness (QED) is 0.674. The summed E-state index contributed by atoms with van der Waals surface area (Å²) >= 11 is 0. The molecule has 112 valence electrons. The summed E-state index contributed by atoms with van der Waals surface area (Å²) in [5.41, 5.74) is 1.73. The molecule has 0 unspecified atom stereocenters. The first-order chi connectivity index (χ1) is 10.5. The Kier molecular flexibility index (Phi) is 3.36. The van der Waals surface area contributed by atoms with Crippen molar-refractivity contribution in [3.63, 3.8) is 0 Å². The Balaban J connectivity index is 2.15. The number of halogens is 3. The second kappa shape index (κ2) is 5.22. The van der Waals surface area contributed by atoms with E-state index in [9.17, 15) is 18.0 Å². The number of aldehydes is 1. The summed E-state index contributed by atoms with van der Waals surface area (Å²) in [5, 5.41) is 0.493. The first-order valence-corrected chi connectivity index (χ1v) is 6.40. The number of alkyl halides is 3. The lowest BCUT2D eigenvalue weighted by atomic mass is 10.2. The minimum absolute atomic E-state index is 0.317. The number of hydrogen-bond acceptors (Lipinski definition) is 2. The van der Waals surface area contributed by atoms with E-state index in [2.05, 4.69) is 4.74 Å². The molecule has 3 rings (SSSR count). The number of nitrogens with zero attached hydrogens (tertiary/aromatic N) is 1. The van der Waals surface area contributed by atoms with Gasteiger partial charge in [-0.05, 0) is 36.4 Å². The van der Waals surface area contributed by atoms with Gasteiger partial charge < -0.3 is 9.30 Å². The number of hydrogen-bond donors (Lipinski definition) is 0. The molecule has 0 aliphatic rings. The minimum atomic E-state index is -4.75. The van der Waals surface area contributed by atoms with E-state index in [1.54, 1.807) is 4.57 Å². The third kappa shape index (κ3) is 2.67. The molecule has 0 saturated heterocycles. The highest BCUT2D eigenvalue weighted by molar-refractivity contribution is 5.91. The molecule has 0 aliphatic carbocycles. The molecule has 0 atom stereocenters. The van der Waals surface area contributed by atoms with Crippen LogP contribution in [0.25, 0.3) is 16.6 Å². The highest BCUT2D eigenvalue weighted by Crippen LogP contribution is 2.29. The fraction of sp³-hybridized carbons (Fsp3) is 0.0625. The van der Waals surface area contributed by atoms with Gasteiger partial charge in [-0.3, -0.25) is 4.79 Å². The van der Waals surface area contributed by atoms with Crippen LogP contribution in [0.4, 0.5) is 13.2 Å². The maximum absolute atomic E-state index is 12.3. The van der Waals surface area contributed by atoms with Gasteiger partial charge in [-0.15, -0.1) is 13.2 Å². The second-order valence-corrected chi connectivity index (χ2v) is 4.63. The van der Waals surface area contributed by atoms with Crippen molar-refractivity contribution >= 4 is 17.2 Å². The largest absolute Gasteiger partial charge is 0.573 e. The molecule has 0 amide bonds. The predicted molar refractivity (Wildman–Crippen MR) is 75.3 cm³/mol. The number of benzene rings is 2. The Morgan fingerprint density at radius 2 is 1.73 bits per heavy atom. The van der Waals surface area contributed by atoms with Crippen molar-refractivity contribution < 1.29 is 22.7 Å². The lowest BCUT2D eigenvalue weighted by molar-refractivity contribution is -0.274. The molecule has 0 fully saturated rings. The van der Waals surface area contributed by atoms with Gasteiger partial charge in [-0.1, -0.05) is 18.2 Å². The minimum Gasteiger partial charge on any atom is -0.406 e. The van der Waals surface area contributed by atoms with Crippen molar-refractivity contribution in [1.82, 2.24) is 4.57 Å². The van der Waals surface area contributed by atoms with Crippen LogP contribution in [0.3, 0.4) is 0 Å². The zero-order valence-electron chi connectivity index (χ0n) is 11.2. The van der Waals surface area contributed by atoms with Gasteiger partial charge >= 0.3 is 6.36 Å². The van der Waals surface area contributed by atoms with Crippen LogP contribution in [-0.4, -0.2) is 17.2 Å². The van der Waals surface area contributed by atoms with E-state index in [4.69, 9.17) is 0 Å². The van der Waals surface area contributed by atoms with Crippen molar-refractivity contribution in [3.8, 4) is 11.4 Å². The summed E-state index contributed by atoms with van der Waals surface area (Å²) in [6.45, 7) is 0. The first kappa shape index (κ1) is 14.2. The number of rotatable bonds is 3. The third-order valence-corrected chi connectivity index (χ3v) is 3.17. The molecular weight excluding hydrogens is 295 g/mol. The van der Waals surface area contributed by atoms with Gasteiger partial charge in [0.2, 0.25) is 0 Å². The number of aromatic nitrogens is 1. The molecule has 3 aromatic rings. The summed E-state index contributed by atoms with van der Waals surface area (Å²) in [6, 6.07) is 14.6. The number of ether oxygens (including phenoxy) is 1. The number of fused-ring (bicyclic) bond motifs is 1. The second-order valence-electron chi connectivity index (χ2n) is 4.63. The maximum Gasteiger partial charge on any atom is 0.573 e. The zero-order chi connectivity index (χ0) is 15.7. The highest BCUT2D eigenvalue weighted by atomic mass is 19.4. The lowest BCUT2D eigenvalue weighted by Crippen LogP contribution is -2.16. The Hall–Kier alpha value is -2.76. The van der Waals surface area contributed by atoms with Gasteiger partial charge in [-0.2, -0.15) is 0 Å². The molecule has 1 heterocycles. The van der Waals surface area contributed by atoms with Gasteiger partial charge in [0.15, 0.2) is 6.29 Å². The van der Waals surface area contributed by atoms with Crippen molar-refractivity contribution in [1.29, 1.82) is 0 Å². The SMILES string of the molecule is O=Cc1cc2cc(OC(F)(F)F)ccc2n1-c1ccccc1. The summed E-state index contributed by atoms with van der Waals surface area (Å²) in [4.78, 5) is 11.3. The molecule has 6 heteroatoms. The van der Waals surface area contributed by atoms with Crippen molar-refractivity contribution in [3.05, 3.63) is 60.3 Å². The van der Waals surface area contributed by atoms with Crippen LogP contribution in [0.1, 0.15) is 10.5 Å². The molecule has 0 spiro atoms. The van der Waals surface area contributed by atoms with E-state index >= 15 is 0 Å². The van der Waals surface area contributed by atoms with Crippen LogP contribution in [0.15, 0.2) is 54.6 Å². The van der Waals surface area contributed by atoms with Gasteiger partial charge in [-0.25, -0.2) is 0 Å². The number of carbonyl (C=O) groups excluding carboxylic acids is 1. The summed E-state index contributed by atoms with van der Waals surface area (Å²) in [6.07, 6.45) is -4.08. The topological polar surface area (TPSA) is 31.2 Å². The fourth-order valence-electron chi connectivity index (χ4n) is 2.36. The normalized spacial score (nSPS) is 11.6. The monoisotopic (exact) mass is 305 g/mol. The van der Waals surface area contributed by atoms with Crippen LogP contribution < -0.4 is 4.74 Å². The number of para-hydroxylation sites is 1. The van der Waals surface area contributed by atoms with Crippen LogP contribution >= 0.6 is 0 Å². The highest BCUT2D eigenvalue weighted by Gasteiger charge is 2.31. The molecule has 0 N–H and O–H groups in total. The van der Waals surface area contributed by atoms with Gasteiger partial charge in [0.1, 0.15) is 5.75 Å². The van der Waals surface area contributed by atoms with E-state index in [-0.39, 0.29) is 5.75 Å². The summed E-state index contributed by atoms with van der Waals surface area (Å²) in [7, 11) is 0. The molecule has 0 radical (unpaired) electrons. The predicted octanol–water partition coefficient (Wildman–Crippen LogP) is 4.34. The lowest BCUT2D eigenvalue weighted by Gasteiger charge is -2.10. The molecule has 0 aliphatic heterocycles. The standard InChI is InChI=1S/C16H10F3NO2/c17-16(18,19)22-14-6-7-15-11(9-14)8-13(10-21)20(15)12-4-2-1-3-5-12/h1-10H. The Morgan fingerprint density at radius 1 is 1.00 bits per heavy atom. The van der Waals surface area contributed by atoms with Crippen LogP contribution in [0, 0.1) is 0 Å². The van der Waals surface area contributed by atoms with Gasteiger partial charge in [0.25, 0.3) is 0 Å². The van der Waals surface area contributed by atoms with E-state index in [1.165, 1.54) is 24.3 Å². The van der Waals surface area contributed by atoms with E-state index in [1.807, 2.05) is 30.3 Å². The average molecular weight is 305 g/mol. The number of carbonyl (C=O) groups is 1.